The molecule has 1 fully saturated rings. The molecule has 1 saturated heterocycles. The molecule has 6 unspecified atom stereocenters. The summed E-state index contributed by atoms with van der Waals surface area (Å²) >= 11 is 0. The van der Waals surface area contributed by atoms with E-state index in [4.69, 9.17) is 18.9 Å². The van der Waals surface area contributed by atoms with Gasteiger partial charge in [0.25, 0.3) is 0 Å². The summed E-state index contributed by atoms with van der Waals surface area (Å²) in [6.07, 6.45) is 26.0. The molecular weight excluding hydrogens is 600 g/mol. The first-order valence-corrected chi connectivity index (χ1v) is 18.6. The number of ether oxygens (including phenoxy) is 4. The molecule has 0 spiro atoms. The third-order valence-corrected chi connectivity index (χ3v) is 8.24. The lowest BCUT2D eigenvalue weighted by Crippen LogP contribution is -2.59. The Kier molecular flexibility index (Phi) is 28.2. The van der Waals surface area contributed by atoms with E-state index in [9.17, 15) is 25.2 Å². The summed E-state index contributed by atoms with van der Waals surface area (Å²) in [6.45, 7) is 4.38. The predicted molar refractivity (Wildman–Crippen MR) is 187 cm³/mol. The smallest absolute Gasteiger partial charge is 0.306 e. The van der Waals surface area contributed by atoms with Crippen molar-refractivity contribution in [1.82, 2.24) is 0 Å². The monoisotopic (exact) mass is 668 g/mol. The van der Waals surface area contributed by atoms with E-state index in [-0.39, 0.29) is 19.2 Å². The molecule has 0 saturated carbocycles. The van der Waals surface area contributed by atoms with Crippen molar-refractivity contribution in [2.24, 2.45) is 0 Å². The zero-order chi connectivity index (χ0) is 34.4. The highest BCUT2D eigenvalue weighted by molar-refractivity contribution is 5.69. The lowest BCUT2D eigenvalue weighted by molar-refractivity contribution is -0.305. The Bertz CT molecular complexity index is 813. The van der Waals surface area contributed by atoms with Crippen LogP contribution in [0.25, 0.3) is 0 Å². The van der Waals surface area contributed by atoms with Crippen LogP contribution in [0.1, 0.15) is 136 Å². The van der Waals surface area contributed by atoms with Gasteiger partial charge in [-0.3, -0.25) is 4.79 Å². The van der Waals surface area contributed by atoms with Gasteiger partial charge >= 0.3 is 5.97 Å². The van der Waals surface area contributed by atoms with Crippen LogP contribution < -0.4 is 0 Å². The Hall–Kier alpha value is -1.59. The minimum absolute atomic E-state index is 0.122. The molecule has 4 N–H and O–H groups in total. The van der Waals surface area contributed by atoms with Crippen LogP contribution in [0, 0.1) is 0 Å². The fourth-order valence-corrected chi connectivity index (χ4v) is 5.29. The first-order chi connectivity index (χ1) is 22.9. The van der Waals surface area contributed by atoms with Crippen molar-refractivity contribution in [2.75, 3.05) is 26.4 Å². The third-order valence-electron chi connectivity index (χ3n) is 8.24. The summed E-state index contributed by atoms with van der Waals surface area (Å²) in [7, 11) is 0. The second-order valence-corrected chi connectivity index (χ2v) is 12.7. The average Bonchev–Trinajstić information content (AvgIpc) is 3.07. The maximum atomic E-state index is 12.7. The summed E-state index contributed by atoms with van der Waals surface area (Å²) in [5.41, 5.74) is 0. The number of carbonyl (C=O) groups excluding carboxylic acids is 1. The minimum atomic E-state index is -1.54. The van der Waals surface area contributed by atoms with Gasteiger partial charge in [-0.25, -0.2) is 0 Å². The second-order valence-electron chi connectivity index (χ2n) is 12.7. The Morgan fingerprint density at radius 1 is 0.681 bits per heavy atom. The quantitative estimate of drug-likeness (QED) is 0.0368. The molecule has 0 aromatic rings. The number of esters is 1. The number of carbonyl (C=O) groups is 1. The lowest BCUT2D eigenvalue weighted by Gasteiger charge is -2.39. The fraction of sp³-hybridized carbons (Fsp3) is 0.816. The Morgan fingerprint density at radius 3 is 1.87 bits per heavy atom. The van der Waals surface area contributed by atoms with Gasteiger partial charge in [0.1, 0.15) is 30.5 Å². The van der Waals surface area contributed by atoms with Crippen LogP contribution in [-0.2, 0) is 23.7 Å². The molecule has 0 aromatic carbocycles. The van der Waals surface area contributed by atoms with Crippen molar-refractivity contribution < 1.29 is 44.2 Å². The van der Waals surface area contributed by atoms with Crippen LogP contribution in [0.3, 0.4) is 0 Å². The molecule has 1 heterocycles. The van der Waals surface area contributed by atoms with E-state index in [0.29, 0.717) is 13.0 Å². The summed E-state index contributed by atoms with van der Waals surface area (Å²) in [5, 5.41) is 39.9. The van der Waals surface area contributed by atoms with Crippen LogP contribution in [0.5, 0.6) is 0 Å². The van der Waals surface area contributed by atoms with E-state index >= 15 is 0 Å². The fourth-order valence-electron chi connectivity index (χ4n) is 5.29. The van der Waals surface area contributed by atoms with Gasteiger partial charge in [-0.05, 0) is 57.8 Å². The molecule has 1 aliphatic heterocycles. The van der Waals surface area contributed by atoms with Gasteiger partial charge < -0.3 is 39.4 Å². The number of allylic oxidation sites excluding steroid dienone is 6. The molecule has 0 aromatic heterocycles. The second kappa shape index (κ2) is 30.5. The van der Waals surface area contributed by atoms with Crippen molar-refractivity contribution in [1.29, 1.82) is 0 Å². The molecule has 1 aliphatic rings. The van der Waals surface area contributed by atoms with Crippen LogP contribution >= 0.6 is 0 Å². The Balaban J connectivity index is 2.36. The highest BCUT2D eigenvalue weighted by Crippen LogP contribution is 2.22. The summed E-state index contributed by atoms with van der Waals surface area (Å²) in [6, 6.07) is 0. The maximum Gasteiger partial charge on any atom is 0.306 e. The van der Waals surface area contributed by atoms with Gasteiger partial charge in [0.15, 0.2) is 6.29 Å². The van der Waals surface area contributed by atoms with Crippen molar-refractivity contribution in [3.8, 4) is 0 Å². The number of unbranched alkanes of at least 4 members (excludes halogenated alkanes) is 13. The topological polar surface area (TPSA) is 135 Å². The van der Waals surface area contributed by atoms with Gasteiger partial charge in [-0.2, -0.15) is 0 Å². The van der Waals surface area contributed by atoms with Crippen LogP contribution in [0.4, 0.5) is 0 Å². The SMILES string of the molecule is CCC/C=C\C/C=C\CCCCCCCC(=O)OC(COCCCCCCCC/C=C\CCC)COC1OC(CO)C(O)C(O)C1O. The Morgan fingerprint density at radius 2 is 1.23 bits per heavy atom. The highest BCUT2D eigenvalue weighted by atomic mass is 16.7. The van der Waals surface area contributed by atoms with Gasteiger partial charge in [-0.1, -0.05) is 108 Å². The van der Waals surface area contributed by atoms with E-state index in [2.05, 4.69) is 50.3 Å². The lowest BCUT2D eigenvalue weighted by atomic mass is 9.99. The first kappa shape index (κ1) is 43.4. The minimum Gasteiger partial charge on any atom is -0.457 e. The molecule has 0 radical (unpaired) electrons. The molecule has 9 nitrogen and oxygen atoms in total. The molecule has 0 aliphatic carbocycles. The first-order valence-electron chi connectivity index (χ1n) is 18.6. The van der Waals surface area contributed by atoms with E-state index < -0.39 is 43.4 Å². The number of aliphatic hydroxyl groups excluding tert-OH is 4. The van der Waals surface area contributed by atoms with Crippen molar-refractivity contribution in [3.05, 3.63) is 36.5 Å². The van der Waals surface area contributed by atoms with E-state index in [0.717, 1.165) is 83.5 Å². The molecule has 274 valence electrons. The van der Waals surface area contributed by atoms with E-state index in [1.54, 1.807) is 0 Å². The van der Waals surface area contributed by atoms with Crippen molar-refractivity contribution >= 4 is 5.97 Å². The zero-order valence-electron chi connectivity index (χ0n) is 29.5. The predicted octanol–water partition coefficient (Wildman–Crippen LogP) is 6.85. The van der Waals surface area contributed by atoms with E-state index in [1.807, 2.05) is 0 Å². The molecule has 0 amide bonds. The number of hydrogen-bond donors (Lipinski definition) is 4. The number of rotatable bonds is 30. The van der Waals surface area contributed by atoms with Gasteiger partial charge in [0.2, 0.25) is 0 Å². The summed E-state index contributed by atoms with van der Waals surface area (Å²) < 4.78 is 22.6. The van der Waals surface area contributed by atoms with E-state index in [1.165, 1.54) is 32.1 Å². The van der Waals surface area contributed by atoms with Crippen LogP contribution in [0.2, 0.25) is 0 Å². The average molecular weight is 669 g/mol. The summed E-state index contributed by atoms with van der Waals surface area (Å²) in [5.74, 6) is -0.334. The third kappa shape index (κ3) is 22.6. The van der Waals surface area contributed by atoms with Gasteiger partial charge in [0, 0.05) is 13.0 Å². The molecule has 47 heavy (non-hydrogen) atoms. The van der Waals surface area contributed by atoms with Crippen LogP contribution in [-0.4, -0.2) is 89.6 Å². The highest BCUT2D eigenvalue weighted by Gasteiger charge is 2.44. The van der Waals surface area contributed by atoms with Gasteiger partial charge in [0.05, 0.1) is 19.8 Å². The molecule has 9 heteroatoms. The molecule has 6 atom stereocenters. The van der Waals surface area contributed by atoms with Gasteiger partial charge in [-0.15, -0.1) is 0 Å². The molecule has 1 rings (SSSR count). The largest absolute Gasteiger partial charge is 0.457 e. The Labute approximate surface area is 285 Å². The molecule has 0 bridgehead atoms. The standard InChI is InChI=1S/C38H68O9/c1-3-5-7-9-11-13-15-16-17-19-21-23-25-27-34(40)46-32(31-45-38-37(43)36(42)35(41)33(29-39)47-38)30-44-28-26-24-22-20-18-14-12-10-8-6-4-2/h7-10,13,15,32-33,35-39,41-43H,3-6,11-12,14,16-31H2,1-2H3/b9-7-,10-8-,15-13-. The normalized spacial score (nSPS) is 22.6. The zero-order valence-corrected chi connectivity index (χ0v) is 29.5. The van der Waals surface area contributed by atoms with Crippen molar-refractivity contribution in [2.45, 2.75) is 173 Å². The maximum absolute atomic E-state index is 12.7. The summed E-state index contributed by atoms with van der Waals surface area (Å²) in [4.78, 5) is 12.7. The number of hydrogen-bond acceptors (Lipinski definition) is 9. The van der Waals surface area contributed by atoms with Crippen molar-refractivity contribution in [3.63, 3.8) is 0 Å². The number of aliphatic hydroxyl groups is 4. The molecular formula is C38H68O9. The van der Waals surface area contributed by atoms with Crippen LogP contribution in [0.15, 0.2) is 36.5 Å².